The summed E-state index contributed by atoms with van der Waals surface area (Å²) >= 11 is 0. The molecule has 1 fully saturated rings. The minimum Gasteiger partial charge on any atom is -0.391 e. The fraction of sp³-hybridized carbons (Fsp3) is 0.438. The molecule has 0 heterocycles. The molecule has 0 amide bonds. The molecule has 0 N–H and O–H groups in total. The van der Waals surface area contributed by atoms with Crippen molar-refractivity contribution in [3.8, 4) is 0 Å². The predicted octanol–water partition coefficient (Wildman–Crippen LogP) is 4.41. The first-order chi connectivity index (χ1) is 8.90. The summed E-state index contributed by atoms with van der Waals surface area (Å²) in [5.41, 5.74) is 2.25. The van der Waals surface area contributed by atoms with E-state index < -0.39 is 0 Å². The number of rotatable bonds is 5. The molecule has 0 aliphatic heterocycles. The first-order valence-electron chi connectivity index (χ1n) is 6.76. The Labute approximate surface area is 109 Å². The summed E-state index contributed by atoms with van der Waals surface area (Å²) in [4.78, 5) is 5.39. The monoisotopic (exact) mass is 243 g/mol. The minimum absolute atomic E-state index is 0.519. The SMILES string of the molecule is C=Cc1ccccc1CON=CC1CCCCC1. The van der Waals surface area contributed by atoms with Crippen molar-refractivity contribution in [1.82, 2.24) is 0 Å². The van der Waals surface area contributed by atoms with Gasteiger partial charge in [0, 0.05) is 6.21 Å². The molecule has 1 saturated carbocycles. The van der Waals surface area contributed by atoms with E-state index in [9.17, 15) is 0 Å². The zero-order valence-electron chi connectivity index (χ0n) is 10.8. The van der Waals surface area contributed by atoms with E-state index in [2.05, 4.69) is 11.7 Å². The summed E-state index contributed by atoms with van der Waals surface area (Å²) in [5.74, 6) is 0.619. The maximum absolute atomic E-state index is 5.39. The predicted molar refractivity (Wildman–Crippen MR) is 76.4 cm³/mol. The molecule has 2 nitrogen and oxygen atoms in total. The molecular formula is C16H21NO. The molecule has 1 aromatic rings. The van der Waals surface area contributed by atoms with Gasteiger partial charge in [-0.15, -0.1) is 0 Å². The molecule has 1 aliphatic carbocycles. The van der Waals surface area contributed by atoms with Crippen molar-refractivity contribution in [2.75, 3.05) is 0 Å². The van der Waals surface area contributed by atoms with Crippen LogP contribution in [0.15, 0.2) is 36.0 Å². The second-order valence-electron chi connectivity index (χ2n) is 4.83. The average Bonchev–Trinajstić information content (AvgIpc) is 2.45. The maximum Gasteiger partial charge on any atom is 0.142 e. The Hall–Kier alpha value is -1.57. The third kappa shape index (κ3) is 3.73. The summed E-state index contributed by atoms with van der Waals surface area (Å²) in [6, 6.07) is 8.10. The van der Waals surface area contributed by atoms with Gasteiger partial charge in [-0.25, -0.2) is 0 Å². The van der Waals surface area contributed by atoms with Crippen LogP contribution in [0.25, 0.3) is 6.08 Å². The topological polar surface area (TPSA) is 21.6 Å². The van der Waals surface area contributed by atoms with Crippen LogP contribution >= 0.6 is 0 Å². The van der Waals surface area contributed by atoms with Gasteiger partial charge in [0.1, 0.15) is 6.61 Å². The lowest BCUT2D eigenvalue weighted by Gasteiger charge is -2.16. The highest BCUT2D eigenvalue weighted by atomic mass is 16.6. The molecule has 0 spiro atoms. The number of nitrogens with zero attached hydrogens (tertiary/aromatic N) is 1. The molecule has 0 radical (unpaired) electrons. The molecule has 96 valence electrons. The fourth-order valence-corrected chi connectivity index (χ4v) is 2.38. The third-order valence-corrected chi connectivity index (χ3v) is 3.49. The second kappa shape index (κ2) is 7.00. The number of hydrogen-bond donors (Lipinski definition) is 0. The molecule has 1 aromatic carbocycles. The number of benzene rings is 1. The highest BCUT2D eigenvalue weighted by molar-refractivity contribution is 5.60. The van der Waals surface area contributed by atoms with Gasteiger partial charge in [-0.2, -0.15) is 0 Å². The Morgan fingerprint density at radius 2 is 2.00 bits per heavy atom. The van der Waals surface area contributed by atoms with Crippen LogP contribution < -0.4 is 0 Å². The number of hydrogen-bond acceptors (Lipinski definition) is 2. The van der Waals surface area contributed by atoms with Crippen molar-refractivity contribution in [1.29, 1.82) is 0 Å². The highest BCUT2D eigenvalue weighted by Crippen LogP contribution is 2.22. The smallest absolute Gasteiger partial charge is 0.142 e. The van der Waals surface area contributed by atoms with E-state index in [0.29, 0.717) is 12.5 Å². The Morgan fingerprint density at radius 3 is 2.78 bits per heavy atom. The van der Waals surface area contributed by atoms with Gasteiger partial charge in [0.25, 0.3) is 0 Å². The Bertz CT molecular complexity index is 405. The largest absolute Gasteiger partial charge is 0.391 e. The molecular weight excluding hydrogens is 222 g/mol. The van der Waals surface area contributed by atoms with Gasteiger partial charge in [0.15, 0.2) is 0 Å². The zero-order valence-corrected chi connectivity index (χ0v) is 10.8. The van der Waals surface area contributed by atoms with Crippen molar-refractivity contribution >= 4 is 12.3 Å². The van der Waals surface area contributed by atoms with Crippen LogP contribution in [0.3, 0.4) is 0 Å². The van der Waals surface area contributed by atoms with Gasteiger partial charge in [0.05, 0.1) is 0 Å². The molecule has 0 atom stereocenters. The fourth-order valence-electron chi connectivity index (χ4n) is 2.38. The van der Waals surface area contributed by atoms with E-state index in [4.69, 9.17) is 4.84 Å². The van der Waals surface area contributed by atoms with Crippen molar-refractivity contribution < 1.29 is 4.84 Å². The van der Waals surface area contributed by atoms with Crippen LogP contribution in [0, 0.1) is 5.92 Å². The highest BCUT2D eigenvalue weighted by Gasteiger charge is 2.10. The van der Waals surface area contributed by atoms with Gasteiger partial charge in [-0.3, -0.25) is 0 Å². The lowest BCUT2D eigenvalue weighted by Crippen LogP contribution is -2.07. The average molecular weight is 243 g/mol. The van der Waals surface area contributed by atoms with Gasteiger partial charge in [-0.1, -0.05) is 61.3 Å². The van der Waals surface area contributed by atoms with Crippen LogP contribution in [-0.2, 0) is 11.4 Å². The van der Waals surface area contributed by atoms with Crippen molar-refractivity contribution in [2.45, 2.75) is 38.7 Å². The van der Waals surface area contributed by atoms with Crippen LogP contribution in [0.5, 0.6) is 0 Å². The summed E-state index contributed by atoms with van der Waals surface area (Å²) < 4.78 is 0. The van der Waals surface area contributed by atoms with Gasteiger partial charge in [0.2, 0.25) is 0 Å². The third-order valence-electron chi connectivity index (χ3n) is 3.49. The lowest BCUT2D eigenvalue weighted by atomic mass is 9.90. The molecule has 18 heavy (non-hydrogen) atoms. The van der Waals surface area contributed by atoms with E-state index in [-0.39, 0.29) is 0 Å². The molecule has 0 aromatic heterocycles. The zero-order chi connectivity index (χ0) is 12.6. The standard InChI is InChI=1S/C16H21NO/c1-2-15-10-6-7-11-16(15)13-18-17-12-14-8-4-3-5-9-14/h2,6-7,10-12,14H,1,3-5,8-9,13H2. The molecule has 0 bridgehead atoms. The first kappa shape index (κ1) is 12.9. The Morgan fingerprint density at radius 1 is 1.22 bits per heavy atom. The molecule has 2 rings (SSSR count). The number of oxime groups is 1. The summed E-state index contributed by atoms with van der Waals surface area (Å²) in [5, 5.41) is 4.11. The summed E-state index contributed by atoms with van der Waals surface area (Å²) in [6.45, 7) is 4.32. The molecule has 2 heteroatoms. The van der Waals surface area contributed by atoms with Gasteiger partial charge in [-0.05, 0) is 29.9 Å². The molecule has 0 unspecified atom stereocenters. The second-order valence-corrected chi connectivity index (χ2v) is 4.83. The van der Waals surface area contributed by atoms with Crippen molar-refractivity contribution in [3.05, 3.63) is 42.0 Å². The Balaban J connectivity index is 1.80. The lowest BCUT2D eigenvalue weighted by molar-refractivity contribution is 0.130. The van der Waals surface area contributed by atoms with E-state index in [1.54, 1.807) is 0 Å². The minimum atomic E-state index is 0.519. The van der Waals surface area contributed by atoms with Crippen LogP contribution in [-0.4, -0.2) is 6.21 Å². The first-order valence-corrected chi connectivity index (χ1v) is 6.76. The normalized spacial score (nSPS) is 16.9. The molecule has 0 saturated heterocycles. The summed E-state index contributed by atoms with van der Waals surface area (Å²) in [7, 11) is 0. The Kier molecular flexibility index (Phi) is 5.00. The van der Waals surface area contributed by atoms with Crippen LogP contribution in [0.1, 0.15) is 43.2 Å². The van der Waals surface area contributed by atoms with E-state index >= 15 is 0 Å². The van der Waals surface area contributed by atoms with Gasteiger partial charge >= 0.3 is 0 Å². The van der Waals surface area contributed by atoms with E-state index in [1.165, 1.54) is 32.1 Å². The van der Waals surface area contributed by atoms with Crippen molar-refractivity contribution in [3.63, 3.8) is 0 Å². The van der Waals surface area contributed by atoms with E-state index in [1.807, 2.05) is 36.6 Å². The van der Waals surface area contributed by atoms with Crippen molar-refractivity contribution in [2.24, 2.45) is 11.1 Å². The quantitative estimate of drug-likeness (QED) is 0.554. The molecule has 1 aliphatic rings. The van der Waals surface area contributed by atoms with Crippen LogP contribution in [0.2, 0.25) is 0 Å². The van der Waals surface area contributed by atoms with E-state index in [0.717, 1.165) is 11.1 Å². The van der Waals surface area contributed by atoms with Gasteiger partial charge < -0.3 is 4.84 Å². The summed E-state index contributed by atoms with van der Waals surface area (Å²) in [6.07, 6.45) is 10.4. The van der Waals surface area contributed by atoms with Crippen LogP contribution in [0.4, 0.5) is 0 Å². The maximum atomic E-state index is 5.39.